The van der Waals surface area contributed by atoms with E-state index in [1.807, 2.05) is 23.6 Å². The van der Waals surface area contributed by atoms with Crippen LogP contribution in [-0.4, -0.2) is 27.3 Å². The molecule has 1 saturated carbocycles. The van der Waals surface area contributed by atoms with Gasteiger partial charge in [0.1, 0.15) is 5.69 Å². The quantitative estimate of drug-likeness (QED) is 0.538. The maximum atomic E-state index is 12.9. The second kappa shape index (κ2) is 8.31. The zero-order valence-electron chi connectivity index (χ0n) is 17.8. The number of carbonyl (C=O) groups excluding carboxylic acids is 2. The van der Waals surface area contributed by atoms with Gasteiger partial charge in [0, 0.05) is 28.2 Å². The second-order valence-corrected chi connectivity index (χ2v) is 9.63. The number of nitrogens with one attached hydrogen (secondary N) is 2. The summed E-state index contributed by atoms with van der Waals surface area (Å²) in [5, 5.41) is 8.46. The van der Waals surface area contributed by atoms with Crippen LogP contribution in [0.1, 0.15) is 53.3 Å². The van der Waals surface area contributed by atoms with E-state index >= 15 is 0 Å². The lowest BCUT2D eigenvalue weighted by Crippen LogP contribution is -2.49. The Morgan fingerprint density at radius 3 is 2.59 bits per heavy atom. The Bertz CT molecular complexity index is 1190. The molecule has 2 amide bonds. The van der Waals surface area contributed by atoms with Crippen LogP contribution < -0.4 is 10.6 Å². The van der Waals surface area contributed by atoms with Crippen LogP contribution in [0.3, 0.4) is 0 Å². The molecule has 1 aromatic carbocycles. The van der Waals surface area contributed by atoms with Gasteiger partial charge in [-0.25, -0.2) is 4.98 Å². The van der Waals surface area contributed by atoms with E-state index < -0.39 is 0 Å². The molecule has 0 spiro atoms. The number of amides is 2. The Kier molecular flexibility index (Phi) is 5.35. The number of rotatable bonds is 5. The SMILES string of the molecule is CC1CC2=CCC(NC(=O)c3ccc(C(=O)Nc4nc(-c5ccccn5)cs4)cc3)(C2)C1. The number of benzene rings is 1. The summed E-state index contributed by atoms with van der Waals surface area (Å²) in [6.07, 6.45) is 8.01. The molecule has 0 radical (unpaired) electrons. The lowest BCUT2D eigenvalue weighted by Gasteiger charge is -2.37. The maximum Gasteiger partial charge on any atom is 0.257 e. The van der Waals surface area contributed by atoms with Crippen LogP contribution in [-0.2, 0) is 0 Å². The number of thiazole rings is 1. The highest BCUT2D eigenvalue weighted by atomic mass is 32.1. The Balaban J connectivity index is 1.22. The van der Waals surface area contributed by atoms with Crippen LogP contribution in [0.25, 0.3) is 11.4 Å². The lowest BCUT2D eigenvalue weighted by molar-refractivity contribution is 0.0878. The van der Waals surface area contributed by atoms with E-state index in [0.717, 1.165) is 37.1 Å². The van der Waals surface area contributed by atoms with Gasteiger partial charge >= 0.3 is 0 Å². The summed E-state index contributed by atoms with van der Waals surface area (Å²) in [5.41, 5.74) is 3.84. The van der Waals surface area contributed by atoms with E-state index in [-0.39, 0.29) is 17.4 Å². The smallest absolute Gasteiger partial charge is 0.257 e. The van der Waals surface area contributed by atoms with Gasteiger partial charge in [-0.15, -0.1) is 11.3 Å². The molecular formula is C25H24N4O2S. The Hall–Kier alpha value is -3.32. The van der Waals surface area contributed by atoms with E-state index in [0.29, 0.717) is 22.2 Å². The number of nitrogens with zero attached hydrogens (tertiary/aromatic N) is 2. The van der Waals surface area contributed by atoms with Crippen LogP contribution in [0.4, 0.5) is 5.13 Å². The summed E-state index contributed by atoms with van der Waals surface area (Å²) in [7, 11) is 0. The Labute approximate surface area is 190 Å². The fraction of sp³-hybridized carbons (Fsp3) is 0.280. The molecule has 2 unspecified atom stereocenters. The van der Waals surface area contributed by atoms with Crippen molar-refractivity contribution in [3.05, 3.63) is 76.8 Å². The van der Waals surface area contributed by atoms with E-state index in [4.69, 9.17) is 0 Å². The maximum absolute atomic E-state index is 12.9. The first kappa shape index (κ1) is 20.6. The molecule has 3 aromatic rings. The van der Waals surface area contributed by atoms with Gasteiger partial charge in [-0.05, 0) is 68.0 Å². The van der Waals surface area contributed by atoms with Crippen LogP contribution in [0.15, 0.2) is 65.7 Å². The van der Waals surface area contributed by atoms with Crippen LogP contribution in [0, 0.1) is 5.92 Å². The second-order valence-electron chi connectivity index (χ2n) is 8.78. The first-order chi connectivity index (χ1) is 15.5. The summed E-state index contributed by atoms with van der Waals surface area (Å²) in [6.45, 7) is 2.24. The number of hydrogen-bond donors (Lipinski definition) is 2. The highest BCUT2D eigenvalue weighted by molar-refractivity contribution is 7.14. The predicted molar refractivity (Wildman–Crippen MR) is 126 cm³/mol. The molecule has 7 heteroatoms. The number of aromatic nitrogens is 2. The third-order valence-corrected chi connectivity index (χ3v) is 6.89. The zero-order chi connectivity index (χ0) is 22.1. The normalized spacial score (nSPS) is 21.7. The molecule has 2 aliphatic carbocycles. The lowest BCUT2D eigenvalue weighted by atomic mass is 9.77. The highest BCUT2D eigenvalue weighted by Crippen LogP contribution is 2.43. The molecule has 2 N–H and O–H groups in total. The van der Waals surface area contributed by atoms with Crippen molar-refractivity contribution in [1.82, 2.24) is 15.3 Å². The number of pyridine rings is 1. The zero-order valence-corrected chi connectivity index (χ0v) is 18.6. The topological polar surface area (TPSA) is 84.0 Å². The van der Waals surface area contributed by atoms with Crippen molar-refractivity contribution in [2.75, 3.05) is 5.32 Å². The van der Waals surface area contributed by atoms with Crippen LogP contribution in [0.5, 0.6) is 0 Å². The molecule has 1 fully saturated rings. The number of anilines is 1. The third-order valence-electron chi connectivity index (χ3n) is 6.14. The van der Waals surface area contributed by atoms with Crippen molar-refractivity contribution < 1.29 is 9.59 Å². The summed E-state index contributed by atoms with van der Waals surface area (Å²) in [4.78, 5) is 34.2. The molecular weight excluding hydrogens is 420 g/mol. The van der Waals surface area contributed by atoms with E-state index in [2.05, 4.69) is 33.6 Å². The first-order valence-electron chi connectivity index (χ1n) is 10.8. The molecule has 2 bridgehead atoms. The van der Waals surface area contributed by atoms with E-state index in [9.17, 15) is 9.59 Å². The molecule has 2 aromatic heterocycles. The fourth-order valence-corrected chi connectivity index (χ4v) is 5.48. The van der Waals surface area contributed by atoms with Gasteiger partial charge in [0.2, 0.25) is 0 Å². The monoisotopic (exact) mass is 444 g/mol. The molecule has 32 heavy (non-hydrogen) atoms. The summed E-state index contributed by atoms with van der Waals surface area (Å²) < 4.78 is 0. The van der Waals surface area contributed by atoms with Gasteiger partial charge in [-0.1, -0.05) is 24.6 Å². The molecule has 162 valence electrons. The fourth-order valence-electron chi connectivity index (χ4n) is 4.78. The number of fused-ring (bicyclic) bond motifs is 2. The number of carbonyl (C=O) groups is 2. The molecule has 0 aliphatic heterocycles. The van der Waals surface area contributed by atoms with Gasteiger partial charge in [0.05, 0.1) is 5.69 Å². The van der Waals surface area contributed by atoms with Crippen molar-refractivity contribution in [3.63, 3.8) is 0 Å². The first-order valence-corrected chi connectivity index (χ1v) is 11.7. The highest BCUT2D eigenvalue weighted by Gasteiger charge is 2.41. The van der Waals surface area contributed by atoms with Crippen LogP contribution in [0.2, 0.25) is 0 Å². The van der Waals surface area contributed by atoms with Gasteiger partial charge in [-0.3, -0.25) is 19.9 Å². The summed E-state index contributed by atoms with van der Waals surface area (Å²) >= 11 is 1.35. The minimum absolute atomic E-state index is 0.0827. The minimum atomic E-state index is -0.261. The molecule has 0 saturated heterocycles. The summed E-state index contributed by atoms with van der Waals surface area (Å²) in [5.74, 6) is 0.247. The Morgan fingerprint density at radius 1 is 1.06 bits per heavy atom. The molecule has 2 aliphatic rings. The molecule has 2 heterocycles. The largest absolute Gasteiger partial charge is 0.346 e. The van der Waals surface area contributed by atoms with Crippen molar-refractivity contribution >= 4 is 28.3 Å². The van der Waals surface area contributed by atoms with Gasteiger partial charge in [0.25, 0.3) is 11.8 Å². The molecule has 2 atom stereocenters. The Morgan fingerprint density at radius 2 is 1.84 bits per heavy atom. The van der Waals surface area contributed by atoms with Crippen molar-refractivity contribution in [2.45, 2.75) is 38.1 Å². The van der Waals surface area contributed by atoms with E-state index in [1.165, 1.54) is 16.9 Å². The standard InChI is InChI=1S/C25H24N4O2S/c1-16-12-17-9-10-25(13-16,14-17)29-23(31)19-7-5-18(6-8-19)22(30)28-24-27-21(15-32-24)20-4-2-3-11-26-20/h2-9,11,15-16H,10,12-14H2,1H3,(H,29,31)(H,27,28,30). The summed E-state index contributed by atoms with van der Waals surface area (Å²) in [6, 6.07) is 12.4. The van der Waals surface area contributed by atoms with Crippen LogP contribution >= 0.6 is 11.3 Å². The molecule has 6 nitrogen and oxygen atoms in total. The average Bonchev–Trinajstić information content (AvgIpc) is 3.38. The number of hydrogen-bond acceptors (Lipinski definition) is 5. The van der Waals surface area contributed by atoms with Gasteiger partial charge in [-0.2, -0.15) is 0 Å². The molecule has 5 rings (SSSR count). The van der Waals surface area contributed by atoms with Gasteiger partial charge in [0.15, 0.2) is 5.13 Å². The van der Waals surface area contributed by atoms with Crippen molar-refractivity contribution in [2.24, 2.45) is 5.92 Å². The van der Waals surface area contributed by atoms with Crippen molar-refractivity contribution in [1.29, 1.82) is 0 Å². The minimum Gasteiger partial charge on any atom is -0.346 e. The van der Waals surface area contributed by atoms with Crippen molar-refractivity contribution in [3.8, 4) is 11.4 Å². The average molecular weight is 445 g/mol. The predicted octanol–water partition coefficient (Wildman–Crippen LogP) is 5.08. The van der Waals surface area contributed by atoms with E-state index in [1.54, 1.807) is 30.5 Å². The third kappa shape index (κ3) is 4.21. The van der Waals surface area contributed by atoms with Gasteiger partial charge < -0.3 is 5.32 Å².